The fraction of sp³-hybridized carbons (Fsp3) is 0.588. The molecule has 1 aliphatic rings. The van der Waals surface area contributed by atoms with E-state index in [1.165, 1.54) is 37.6 Å². The molecule has 2 aromatic rings. The second-order valence-electron chi connectivity index (χ2n) is 6.11. The van der Waals surface area contributed by atoms with Gasteiger partial charge in [-0.2, -0.15) is 0 Å². The second-order valence-corrected chi connectivity index (χ2v) is 7.20. The Morgan fingerprint density at radius 1 is 1.33 bits per heavy atom. The molecule has 1 fully saturated rings. The van der Waals surface area contributed by atoms with Crippen molar-refractivity contribution in [2.24, 2.45) is 5.92 Å². The number of fused-ring (bicyclic) bond motifs is 1. The third-order valence-corrected chi connectivity index (χ3v) is 5.19. The van der Waals surface area contributed by atoms with Gasteiger partial charge in [0.2, 0.25) is 0 Å². The average molecular weight is 325 g/mol. The van der Waals surface area contributed by atoms with Crippen molar-refractivity contribution in [2.45, 2.75) is 57.4 Å². The van der Waals surface area contributed by atoms with Crippen LogP contribution in [0.5, 0.6) is 0 Å². The molecule has 0 aliphatic heterocycles. The van der Waals surface area contributed by atoms with Crippen LogP contribution in [0.1, 0.15) is 63.2 Å². The quantitative estimate of drug-likeness (QED) is 0.621. The fourth-order valence-electron chi connectivity index (χ4n) is 3.72. The Labute approximate surface area is 136 Å². The molecule has 1 saturated carbocycles. The molecule has 0 saturated heterocycles. The van der Waals surface area contributed by atoms with Gasteiger partial charge in [0.05, 0.1) is 16.4 Å². The van der Waals surface area contributed by atoms with Crippen molar-refractivity contribution < 1.29 is 0 Å². The van der Waals surface area contributed by atoms with Gasteiger partial charge in [0.1, 0.15) is 5.82 Å². The van der Waals surface area contributed by atoms with E-state index in [4.69, 9.17) is 28.2 Å². The van der Waals surface area contributed by atoms with Gasteiger partial charge in [0.25, 0.3) is 0 Å². The van der Waals surface area contributed by atoms with Crippen molar-refractivity contribution in [3.8, 4) is 0 Å². The van der Waals surface area contributed by atoms with E-state index in [0.717, 1.165) is 22.3 Å². The number of aromatic nitrogens is 2. The maximum absolute atomic E-state index is 6.41. The maximum Gasteiger partial charge on any atom is 0.127 e. The number of halogens is 2. The molecule has 3 unspecified atom stereocenters. The van der Waals surface area contributed by atoms with Crippen LogP contribution in [0.3, 0.4) is 0 Å². The van der Waals surface area contributed by atoms with Crippen LogP contribution in [0, 0.1) is 5.92 Å². The van der Waals surface area contributed by atoms with Gasteiger partial charge in [-0.15, -0.1) is 11.6 Å². The molecule has 3 atom stereocenters. The molecule has 114 valence electrons. The van der Waals surface area contributed by atoms with E-state index < -0.39 is 0 Å². The lowest BCUT2D eigenvalue weighted by Crippen LogP contribution is -2.24. The van der Waals surface area contributed by atoms with Crippen molar-refractivity contribution in [2.75, 3.05) is 0 Å². The Morgan fingerprint density at radius 3 is 2.81 bits per heavy atom. The summed E-state index contributed by atoms with van der Waals surface area (Å²) < 4.78 is 2.40. The summed E-state index contributed by atoms with van der Waals surface area (Å²) in [6.45, 7) is 4.30. The fourth-order valence-corrected chi connectivity index (χ4v) is 4.04. The van der Waals surface area contributed by atoms with E-state index in [-0.39, 0.29) is 5.38 Å². The molecule has 1 heterocycles. The first-order valence-electron chi connectivity index (χ1n) is 7.93. The van der Waals surface area contributed by atoms with Crippen LogP contribution in [-0.4, -0.2) is 9.55 Å². The van der Waals surface area contributed by atoms with E-state index in [2.05, 4.69) is 17.6 Å². The van der Waals surface area contributed by atoms with Crippen LogP contribution >= 0.6 is 23.2 Å². The Morgan fingerprint density at radius 2 is 2.10 bits per heavy atom. The largest absolute Gasteiger partial charge is 0.323 e. The summed E-state index contributed by atoms with van der Waals surface area (Å²) in [5.41, 5.74) is 2.14. The molecule has 0 amide bonds. The molecule has 1 aromatic carbocycles. The molecular weight excluding hydrogens is 303 g/mol. The first-order chi connectivity index (χ1) is 10.1. The highest BCUT2D eigenvalue weighted by molar-refractivity contribution is 6.31. The summed E-state index contributed by atoms with van der Waals surface area (Å²) >= 11 is 12.5. The Bertz CT molecular complexity index is 633. The lowest BCUT2D eigenvalue weighted by molar-refractivity contribution is 0.233. The third-order valence-electron chi connectivity index (χ3n) is 4.76. The number of alkyl halides is 1. The van der Waals surface area contributed by atoms with Crippen molar-refractivity contribution in [3.63, 3.8) is 0 Å². The Balaban J connectivity index is 2.16. The van der Waals surface area contributed by atoms with Crippen LogP contribution in [0.4, 0.5) is 0 Å². The molecule has 3 rings (SSSR count). The Kier molecular flexibility index (Phi) is 4.46. The highest BCUT2D eigenvalue weighted by atomic mass is 35.5. The van der Waals surface area contributed by atoms with Crippen LogP contribution in [0.15, 0.2) is 18.2 Å². The van der Waals surface area contributed by atoms with Crippen molar-refractivity contribution >= 4 is 34.2 Å². The summed E-state index contributed by atoms with van der Waals surface area (Å²) in [4.78, 5) is 4.76. The lowest BCUT2D eigenvalue weighted by Gasteiger charge is -2.33. The standard InChI is InChI=1S/C17H22Cl2N2/c1-3-12-6-4-5-7-15(12)21-16-9-8-13(19)10-14(16)20-17(21)11(2)18/h8-12,15H,3-7H2,1-2H3. The van der Waals surface area contributed by atoms with Crippen molar-refractivity contribution in [3.05, 3.63) is 29.0 Å². The van der Waals surface area contributed by atoms with Gasteiger partial charge in [0.15, 0.2) is 0 Å². The SMILES string of the molecule is CCC1CCCCC1n1c(C(C)Cl)nc2cc(Cl)ccc21. The van der Waals surface area contributed by atoms with Gasteiger partial charge >= 0.3 is 0 Å². The molecule has 1 aliphatic carbocycles. The highest BCUT2D eigenvalue weighted by Gasteiger charge is 2.29. The number of imidazole rings is 1. The Hall–Kier alpha value is -0.730. The average Bonchev–Trinajstić information content (AvgIpc) is 2.85. The zero-order valence-corrected chi connectivity index (χ0v) is 14.2. The molecule has 0 radical (unpaired) electrons. The van der Waals surface area contributed by atoms with Gasteiger partial charge in [-0.3, -0.25) is 0 Å². The normalized spacial score (nSPS) is 24.4. The number of hydrogen-bond donors (Lipinski definition) is 0. The van der Waals surface area contributed by atoms with Crippen LogP contribution in [0.2, 0.25) is 5.02 Å². The molecule has 4 heteroatoms. The minimum atomic E-state index is -0.0874. The third kappa shape index (κ3) is 2.80. The van der Waals surface area contributed by atoms with Crippen molar-refractivity contribution in [1.82, 2.24) is 9.55 Å². The summed E-state index contributed by atoms with van der Waals surface area (Å²) in [6, 6.07) is 6.51. The lowest BCUT2D eigenvalue weighted by atomic mass is 9.82. The smallest absolute Gasteiger partial charge is 0.127 e. The first-order valence-corrected chi connectivity index (χ1v) is 8.74. The monoisotopic (exact) mass is 324 g/mol. The number of hydrogen-bond acceptors (Lipinski definition) is 1. The van der Waals surface area contributed by atoms with E-state index in [9.17, 15) is 0 Å². The van der Waals surface area contributed by atoms with E-state index in [1.807, 2.05) is 19.1 Å². The minimum absolute atomic E-state index is 0.0874. The second kappa shape index (κ2) is 6.18. The first kappa shape index (κ1) is 15.2. The van der Waals surface area contributed by atoms with Crippen LogP contribution in [0.25, 0.3) is 11.0 Å². The molecule has 0 N–H and O–H groups in total. The molecule has 21 heavy (non-hydrogen) atoms. The molecule has 0 spiro atoms. The van der Waals surface area contributed by atoms with E-state index >= 15 is 0 Å². The zero-order chi connectivity index (χ0) is 15.0. The van der Waals surface area contributed by atoms with Gasteiger partial charge in [-0.25, -0.2) is 4.98 Å². The van der Waals surface area contributed by atoms with Crippen molar-refractivity contribution in [1.29, 1.82) is 0 Å². The van der Waals surface area contributed by atoms with Gasteiger partial charge in [-0.1, -0.05) is 37.8 Å². The van der Waals surface area contributed by atoms with Gasteiger partial charge in [-0.05, 0) is 43.9 Å². The van der Waals surface area contributed by atoms with Crippen LogP contribution < -0.4 is 0 Å². The predicted octanol–water partition coefficient (Wildman–Crippen LogP) is 6.13. The summed E-state index contributed by atoms with van der Waals surface area (Å²) in [7, 11) is 0. The highest BCUT2D eigenvalue weighted by Crippen LogP contribution is 2.40. The summed E-state index contributed by atoms with van der Waals surface area (Å²) in [6.07, 6.45) is 6.39. The predicted molar refractivity (Wildman–Crippen MR) is 90.3 cm³/mol. The molecule has 2 nitrogen and oxygen atoms in total. The minimum Gasteiger partial charge on any atom is -0.323 e. The van der Waals surface area contributed by atoms with Gasteiger partial charge < -0.3 is 4.57 Å². The van der Waals surface area contributed by atoms with E-state index in [0.29, 0.717) is 6.04 Å². The van der Waals surface area contributed by atoms with Gasteiger partial charge in [0, 0.05) is 11.1 Å². The number of nitrogens with zero attached hydrogens (tertiary/aromatic N) is 2. The summed E-state index contributed by atoms with van der Waals surface area (Å²) in [5, 5.41) is 0.646. The maximum atomic E-state index is 6.41. The number of benzene rings is 1. The zero-order valence-electron chi connectivity index (χ0n) is 12.6. The van der Waals surface area contributed by atoms with E-state index in [1.54, 1.807) is 0 Å². The van der Waals surface area contributed by atoms with Crippen LogP contribution in [-0.2, 0) is 0 Å². The molecule has 0 bridgehead atoms. The summed E-state index contributed by atoms with van der Waals surface area (Å²) in [5.74, 6) is 1.71. The number of rotatable bonds is 3. The topological polar surface area (TPSA) is 17.8 Å². The molecular formula is C17H22Cl2N2. The molecule has 1 aromatic heterocycles.